The van der Waals surface area contributed by atoms with E-state index in [-0.39, 0.29) is 5.97 Å². The van der Waals surface area contributed by atoms with E-state index < -0.39 is 0 Å². The molecule has 3 aromatic rings. The summed E-state index contributed by atoms with van der Waals surface area (Å²) in [5.41, 5.74) is 4.29. The Morgan fingerprint density at radius 3 is 2.57 bits per heavy atom. The van der Waals surface area contributed by atoms with Gasteiger partial charge in [-0.25, -0.2) is 4.98 Å². The highest BCUT2D eigenvalue weighted by Crippen LogP contribution is 2.23. The van der Waals surface area contributed by atoms with Crippen LogP contribution in [-0.2, 0) is 28.8 Å². The second kappa shape index (κ2) is 10.6. The Morgan fingerprint density at radius 1 is 1.03 bits per heavy atom. The molecule has 5 heteroatoms. The van der Waals surface area contributed by atoms with Crippen molar-refractivity contribution >= 4 is 5.97 Å². The summed E-state index contributed by atoms with van der Waals surface area (Å²) < 4.78 is 16.6. The van der Waals surface area contributed by atoms with E-state index in [4.69, 9.17) is 13.9 Å². The normalized spacial score (nSPS) is 10.8. The van der Waals surface area contributed by atoms with Crippen LogP contribution < -0.4 is 4.74 Å². The van der Waals surface area contributed by atoms with E-state index in [2.05, 4.69) is 24.0 Å². The Hall–Kier alpha value is -3.08. The van der Waals surface area contributed by atoms with E-state index in [9.17, 15) is 4.79 Å². The number of benzene rings is 2. The Morgan fingerprint density at radius 2 is 1.83 bits per heavy atom. The number of aromatic nitrogens is 1. The minimum Gasteiger partial charge on any atom is -0.493 e. The van der Waals surface area contributed by atoms with Gasteiger partial charge in [-0.1, -0.05) is 37.6 Å². The molecule has 0 unspecified atom stereocenters. The lowest BCUT2D eigenvalue weighted by Gasteiger charge is -2.12. The molecule has 0 fully saturated rings. The number of nitrogens with zero attached hydrogens (tertiary/aromatic N) is 1. The van der Waals surface area contributed by atoms with Crippen LogP contribution >= 0.6 is 0 Å². The maximum absolute atomic E-state index is 11.5. The minimum atomic E-state index is -0.185. The van der Waals surface area contributed by atoms with Crippen LogP contribution in [0.5, 0.6) is 5.75 Å². The second-order valence-corrected chi connectivity index (χ2v) is 7.24. The fourth-order valence-electron chi connectivity index (χ4n) is 3.41. The first-order chi connectivity index (χ1) is 14.6. The Kier molecular flexibility index (Phi) is 7.66. The summed E-state index contributed by atoms with van der Waals surface area (Å²) in [6, 6.07) is 16.0. The van der Waals surface area contributed by atoms with E-state index in [0.29, 0.717) is 31.8 Å². The summed E-state index contributed by atoms with van der Waals surface area (Å²) in [7, 11) is 1.42. The first kappa shape index (κ1) is 21.6. The molecule has 158 valence electrons. The van der Waals surface area contributed by atoms with Gasteiger partial charge in [-0.15, -0.1) is 0 Å². The summed E-state index contributed by atoms with van der Waals surface area (Å²) >= 11 is 0. The lowest BCUT2D eigenvalue weighted by atomic mass is 9.99. The molecule has 5 nitrogen and oxygen atoms in total. The topological polar surface area (TPSA) is 61.6 Å². The van der Waals surface area contributed by atoms with E-state index in [1.54, 1.807) is 0 Å². The molecule has 0 atom stereocenters. The molecule has 0 bridgehead atoms. The average Bonchev–Trinajstić information content (AvgIpc) is 3.14. The van der Waals surface area contributed by atoms with Gasteiger partial charge < -0.3 is 13.9 Å². The van der Waals surface area contributed by atoms with Crippen molar-refractivity contribution in [3.8, 4) is 17.2 Å². The zero-order chi connectivity index (χ0) is 21.3. The largest absolute Gasteiger partial charge is 0.493 e. The van der Waals surface area contributed by atoms with Gasteiger partial charge in [0.25, 0.3) is 0 Å². The number of carbonyl (C=O) groups excluding carboxylic acids is 1. The predicted octanol–water partition coefficient (Wildman–Crippen LogP) is 5.33. The fourth-order valence-corrected chi connectivity index (χ4v) is 3.41. The van der Waals surface area contributed by atoms with Crippen LogP contribution in [0.25, 0.3) is 11.5 Å². The molecule has 1 aromatic heterocycles. The number of oxazole rings is 1. The number of ether oxygens (including phenoxy) is 2. The smallest absolute Gasteiger partial charge is 0.305 e. The molecular formula is C25H29NO4. The van der Waals surface area contributed by atoms with Crippen molar-refractivity contribution in [1.29, 1.82) is 0 Å². The molecule has 0 aliphatic heterocycles. The van der Waals surface area contributed by atoms with Crippen molar-refractivity contribution in [2.75, 3.05) is 13.7 Å². The zero-order valence-corrected chi connectivity index (χ0v) is 17.9. The van der Waals surface area contributed by atoms with Crippen molar-refractivity contribution in [1.82, 2.24) is 4.98 Å². The maximum atomic E-state index is 11.5. The average molecular weight is 408 g/mol. The molecule has 0 N–H and O–H groups in total. The Balaban J connectivity index is 1.61. The molecule has 0 aliphatic rings. The molecule has 2 aromatic carbocycles. The third-order valence-corrected chi connectivity index (χ3v) is 5.04. The van der Waals surface area contributed by atoms with E-state index in [1.807, 2.05) is 43.3 Å². The van der Waals surface area contributed by atoms with Gasteiger partial charge in [0.1, 0.15) is 11.5 Å². The van der Waals surface area contributed by atoms with Crippen LogP contribution in [0.2, 0.25) is 0 Å². The summed E-state index contributed by atoms with van der Waals surface area (Å²) in [4.78, 5) is 16.1. The third-order valence-electron chi connectivity index (χ3n) is 5.04. The van der Waals surface area contributed by atoms with E-state index >= 15 is 0 Å². The number of carbonyl (C=O) groups is 1. The van der Waals surface area contributed by atoms with Crippen molar-refractivity contribution < 1.29 is 18.7 Å². The number of esters is 1. The van der Waals surface area contributed by atoms with Gasteiger partial charge in [0.15, 0.2) is 0 Å². The van der Waals surface area contributed by atoms with Gasteiger partial charge >= 0.3 is 5.97 Å². The lowest BCUT2D eigenvalue weighted by Crippen LogP contribution is -2.06. The van der Waals surface area contributed by atoms with E-state index in [1.165, 1.54) is 18.2 Å². The number of hydrogen-bond acceptors (Lipinski definition) is 5. The number of rotatable bonds is 10. The van der Waals surface area contributed by atoms with Gasteiger partial charge in [-0.2, -0.15) is 0 Å². The summed E-state index contributed by atoms with van der Waals surface area (Å²) in [5.74, 6) is 2.12. The van der Waals surface area contributed by atoms with Gasteiger partial charge in [0.05, 0.1) is 19.4 Å². The molecule has 1 heterocycles. The van der Waals surface area contributed by atoms with Crippen molar-refractivity contribution in [2.24, 2.45) is 0 Å². The zero-order valence-electron chi connectivity index (χ0n) is 17.9. The predicted molar refractivity (Wildman–Crippen MR) is 117 cm³/mol. The summed E-state index contributed by atoms with van der Waals surface area (Å²) in [6.07, 6.45) is 3.74. The molecular weight excluding hydrogens is 378 g/mol. The minimum absolute atomic E-state index is 0.185. The molecule has 0 amide bonds. The van der Waals surface area contributed by atoms with Crippen LogP contribution in [0.15, 0.2) is 52.9 Å². The molecule has 0 saturated heterocycles. The summed E-state index contributed by atoms with van der Waals surface area (Å²) in [5, 5.41) is 0. The highest BCUT2D eigenvalue weighted by Gasteiger charge is 2.12. The molecule has 0 saturated carbocycles. The van der Waals surface area contributed by atoms with Crippen molar-refractivity contribution in [3.63, 3.8) is 0 Å². The van der Waals surface area contributed by atoms with Gasteiger partial charge in [0, 0.05) is 18.4 Å². The molecule has 3 rings (SSSR count). The maximum Gasteiger partial charge on any atom is 0.305 e. The quantitative estimate of drug-likeness (QED) is 0.425. The highest BCUT2D eigenvalue weighted by atomic mass is 16.5. The number of aryl methyl sites for hydroxylation is 3. The first-order valence-electron chi connectivity index (χ1n) is 10.4. The van der Waals surface area contributed by atoms with Crippen molar-refractivity contribution in [3.05, 3.63) is 71.1 Å². The fraction of sp³-hybridized carbons (Fsp3) is 0.360. The Labute approximate surface area is 178 Å². The second-order valence-electron chi connectivity index (χ2n) is 7.24. The van der Waals surface area contributed by atoms with Crippen LogP contribution in [0.1, 0.15) is 42.3 Å². The van der Waals surface area contributed by atoms with Crippen LogP contribution in [0.4, 0.5) is 0 Å². The standard InChI is InChI=1S/C25H29NO4/c1-4-8-21-17-22(13-11-19(21)12-14-24(27)28-3)29-16-15-23-18(2)30-25(26-23)20-9-6-5-7-10-20/h5-7,9-11,13,17H,4,8,12,14-16H2,1-3H3. The molecule has 0 aliphatic carbocycles. The number of methoxy groups -OCH3 is 1. The molecule has 30 heavy (non-hydrogen) atoms. The van der Waals surface area contributed by atoms with Crippen LogP contribution in [0, 0.1) is 6.92 Å². The third kappa shape index (κ3) is 5.72. The SMILES string of the molecule is CCCc1cc(OCCc2nc(-c3ccccc3)oc2C)ccc1CCC(=O)OC. The number of hydrogen-bond donors (Lipinski definition) is 0. The Bertz CT molecular complexity index is 963. The van der Waals surface area contributed by atoms with Gasteiger partial charge in [0.2, 0.25) is 5.89 Å². The highest BCUT2D eigenvalue weighted by molar-refractivity contribution is 5.69. The molecule has 0 radical (unpaired) electrons. The van der Waals surface area contributed by atoms with Crippen LogP contribution in [0.3, 0.4) is 0 Å². The molecule has 0 spiro atoms. The monoisotopic (exact) mass is 407 g/mol. The van der Waals surface area contributed by atoms with E-state index in [0.717, 1.165) is 35.6 Å². The first-order valence-corrected chi connectivity index (χ1v) is 10.4. The lowest BCUT2D eigenvalue weighted by molar-refractivity contribution is -0.140. The van der Waals surface area contributed by atoms with Crippen molar-refractivity contribution in [2.45, 2.75) is 46.0 Å². The van der Waals surface area contributed by atoms with Crippen LogP contribution in [-0.4, -0.2) is 24.7 Å². The summed E-state index contributed by atoms with van der Waals surface area (Å²) in [6.45, 7) is 4.61. The van der Waals surface area contributed by atoms with Gasteiger partial charge in [-0.3, -0.25) is 4.79 Å². The van der Waals surface area contributed by atoms with Gasteiger partial charge in [-0.05, 0) is 55.2 Å².